The maximum atomic E-state index is 10.1. The third-order valence-electron chi connectivity index (χ3n) is 0. The van der Waals surface area contributed by atoms with Crippen molar-refractivity contribution in [3.05, 3.63) is 12.9 Å². The van der Waals surface area contributed by atoms with Crippen molar-refractivity contribution in [2.24, 2.45) is 0 Å². The van der Waals surface area contributed by atoms with Crippen LogP contribution in [-0.2, 0) is 25.7 Å². The summed E-state index contributed by atoms with van der Waals surface area (Å²) in [4.78, 5) is 0. The molecule has 0 amide bonds. The predicted molar refractivity (Wildman–Crippen MR) is 21.2 cm³/mol. The van der Waals surface area contributed by atoms with Crippen molar-refractivity contribution in [3.8, 4) is 0 Å². The van der Waals surface area contributed by atoms with Crippen LogP contribution in [0, 0.1) is 0 Å². The van der Waals surface area contributed by atoms with E-state index in [1.54, 1.807) is 0 Å². The molecule has 2 radical (unpaired) electrons. The summed E-state index contributed by atoms with van der Waals surface area (Å²) in [5.41, 5.74) is 0. The Labute approximate surface area is 69.9 Å². The molecule has 2 nitrogen and oxygen atoms in total. The van der Waals surface area contributed by atoms with Gasteiger partial charge in [-0.25, -0.2) is 4.39 Å². The maximum absolute atomic E-state index is 10.1. The molecule has 0 saturated carbocycles. The van der Waals surface area contributed by atoms with E-state index in [1.807, 2.05) is 0 Å². The van der Waals surface area contributed by atoms with E-state index in [2.05, 4.69) is 6.58 Å². The molecule has 5 heteroatoms. The summed E-state index contributed by atoms with van der Waals surface area (Å²) in [6.45, 7) is 2.69. The van der Waals surface area contributed by atoms with E-state index < -0.39 is 19.1 Å². The molecule has 40 valence electrons. The van der Waals surface area contributed by atoms with Gasteiger partial charge in [-0.05, 0) is 0 Å². The molecule has 0 bridgehead atoms. The van der Waals surface area contributed by atoms with E-state index >= 15 is 0 Å². The van der Waals surface area contributed by atoms with Crippen LogP contribution in [-0.4, -0.2) is 27.3 Å². The number of hydrogen-bond donors (Lipinski definition) is 0. The van der Waals surface area contributed by atoms with Crippen molar-refractivity contribution < 1.29 is 30.1 Å². The molecule has 0 atom stereocenters. The molecular formula is C2H5FO2PbTi. The first-order valence-electron chi connectivity index (χ1n) is 1.03. The van der Waals surface area contributed by atoms with Gasteiger partial charge >= 0.3 is 53.0 Å². The van der Waals surface area contributed by atoms with Gasteiger partial charge in [-0.3, -0.25) is 0 Å². The van der Waals surface area contributed by atoms with Gasteiger partial charge in [0, 0.05) is 0 Å². The van der Waals surface area contributed by atoms with E-state index in [9.17, 15) is 4.39 Å². The number of hydrogen-bond acceptors (Lipinski definition) is 2. The van der Waals surface area contributed by atoms with Crippen LogP contribution in [0.1, 0.15) is 0 Å². The zero-order valence-corrected chi connectivity index (χ0v) is 10.7. The minimum absolute atomic E-state index is 0. The van der Waals surface area contributed by atoms with E-state index in [0.717, 1.165) is 0 Å². The van der Waals surface area contributed by atoms with E-state index in [0.29, 0.717) is 0 Å². The van der Waals surface area contributed by atoms with E-state index in [1.165, 1.54) is 0 Å². The topological polar surface area (TPSA) is 34.1 Å². The Balaban J connectivity index is -0.0000000400. The Bertz CT molecular complexity index is 60.7. The summed E-state index contributed by atoms with van der Waals surface area (Å²) in [5.74, 6) is 0. The van der Waals surface area contributed by atoms with Crippen LogP contribution in [0.25, 0.3) is 0 Å². The summed E-state index contributed by atoms with van der Waals surface area (Å²) in [6.07, 6.45) is 0.250. The predicted octanol–water partition coefficient (Wildman–Crippen LogP) is -0.0569. The van der Waals surface area contributed by atoms with Gasteiger partial charge in [0.05, 0.1) is 6.33 Å². The summed E-state index contributed by atoms with van der Waals surface area (Å²) < 4.78 is 27.1. The molecule has 0 aromatic heterocycles. The van der Waals surface area contributed by atoms with Crippen molar-refractivity contribution in [2.75, 3.05) is 0 Å². The first kappa shape index (κ1) is 15.7. The van der Waals surface area contributed by atoms with Gasteiger partial charge < -0.3 is 0 Å². The Hall–Kier alpha value is 0.906. The SMILES string of the molecule is C=CF.[O]=[Ti]=[O].[PbH2]. The number of halogens is 1. The number of rotatable bonds is 0. The fourth-order valence-corrected chi connectivity index (χ4v) is 0. The molecule has 0 spiro atoms. The summed E-state index contributed by atoms with van der Waals surface area (Å²) >= 11 is -2.00. The Kier molecular flexibility index (Phi) is 63.8. The van der Waals surface area contributed by atoms with Crippen LogP contribution in [0.3, 0.4) is 0 Å². The second-order valence-corrected chi connectivity index (χ2v) is 0.498. The molecule has 0 aromatic rings. The Morgan fingerprint density at radius 3 is 1.57 bits per heavy atom. The molecule has 0 aromatic carbocycles. The van der Waals surface area contributed by atoms with Crippen LogP contribution >= 0.6 is 0 Å². The van der Waals surface area contributed by atoms with Gasteiger partial charge in [-0.15, -0.1) is 0 Å². The quantitative estimate of drug-likeness (QED) is 0.582. The molecular weight excluding hydrogens is 330 g/mol. The summed E-state index contributed by atoms with van der Waals surface area (Å²) in [7, 11) is 0. The van der Waals surface area contributed by atoms with Crippen LogP contribution in [0.15, 0.2) is 12.9 Å². The van der Waals surface area contributed by atoms with E-state index in [4.69, 9.17) is 6.65 Å². The van der Waals surface area contributed by atoms with Crippen LogP contribution in [0.5, 0.6) is 0 Å². The molecule has 0 fully saturated rings. The van der Waals surface area contributed by atoms with Crippen LogP contribution in [0.4, 0.5) is 4.39 Å². The van der Waals surface area contributed by atoms with Crippen molar-refractivity contribution in [1.82, 2.24) is 0 Å². The molecule has 0 rings (SSSR count). The molecule has 0 unspecified atom stereocenters. The average molecular weight is 335 g/mol. The normalized spacial score (nSPS) is 3.00. The standard InChI is InChI=1S/C2H3F.2O.Pb.Ti.2H/c1-2-3;;;;;;/h2H,1H2;;;;;;. The monoisotopic (exact) mass is 336 g/mol. The van der Waals surface area contributed by atoms with E-state index in [-0.39, 0.29) is 33.6 Å². The summed E-state index contributed by atoms with van der Waals surface area (Å²) in [5, 5.41) is 0. The van der Waals surface area contributed by atoms with Crippen LogP contribution < -0.4 is 0 Å². The van der Waals surface area contributed by atoms with Gasteiger partial charge in [0.15, 0.2) is 0 Å². The average Bonchev–Trinajstić information content (AvgIpc) is 1.39. The van der Waals surface area contributed by atoms with Crippen molar-refractivity contribution in [2.45, 2.75) is 0 Å². The van der Waals surface area contributed by atoms with Gasteiger partial charge in [-0.2, -0.15) is 0 Å². The Morgan fingerprint density at radius 2 is 1.57 bits per heavy atom. The fraction of sp³-hybridized carbons (Fsp3) is 0. The third kappa shape index (κ3) is 202. The molecule has 0 aliphatic carbocycles. The van der Waals surface area contributed by atoms with Crippen molar-refractivity contribution in [1.29, 1.82) is 0 Å². The molecule has 0 aliphatic heterocycles. The van der Waals surface area contributed by atoms with Crippen molar-refractivity contribution >= 4 is 27.3 Å². The minimum atomic E-state index is -2.00. The second kappa shape index (κ2) is 28.5. The molecule has 0 heterocycles. The van der Waals surface area contributed by atoms with Gasteiger partial charge in [0.2, 0.25) is 0 Å². The zero-order valence-electron chi connectivity index (χ0n) is 3.69. The third-order valence-corrected chi connectivity index (χ3v) is 0. The molecule has 7 heavy (non-hydrogen) atoms. The Morgan fingerprint density at radius 1 is 1.57 bits per heavy atom. The van der Waals surface area contributed by atoms with Crippen LogP contribution in [0.2, 0.25) is 0 Å². The first-order chi connectivity index (χ1) is 2.83. The zero-order chi connectivity index (χ0) is 5.41. The molecule has 0 saturated heterocycles. The van der Waals surface area contributed by atoms with Gasteiger partial charge in [0.25, 0.3) is 0 Å². The first-order valence-corrected chi connectivity index (χ1v) is 2.31. The van der Waals surface area contributed by atoms with Gasteiger partial charge in [-0.1, -0.05) is 6.58 Å². The second-order valence-electron chi connectivity index (χ2n) is 0.238. The van der Waals surface area contributed by atoms with Gasteiger partial charge in [0.1, 0.15) is 0 Å². The summed E-state index contributed by atoms with van der Waals surface area (Å²) in [6, 6.07) is 0. The van der Waals surface area contributed by atoms with Crippen molar-refractivity contribution in [3.63, 3.8) is 0 Å². The molecule has 0 aliphatic rings. The fourth-order valence-electron chi connectivity index (χ4n) is 0. The molecule has 0 N–H and O–H groups in total.